The number of alkyl halides is 1. The van der Waals surface area contributed by atoms with Crippen LogP contribution >= 0.6 is 11.6 Å². The van der Waals surface area contributed by atoms with Crippen molar-refractivity contribution in [2.45, 2.75) is 38.5 Å². The summed E-state index contributed by atoms with van der Waals surface area (Å²) in [5.41, 5.74) is -0.0759. The van der Waals surface area contributed by atoms with Gasteiger partial charge in [-0.15, -0.1) is 11.6 Å². The van der Waals surface area contributed by atoms with Crippen molar-refractivity contribution in [2.24, 2.45) is 0 Å². The van der Waals surface area contributed by atoms with E-state index in [0.717, 1.165) is 0 Å². The van der Waals surface area contributed by atoms with Gasteiger partial charge in [0.05, 0.1) is 0 Å². The van der Waals surface area contributed by atoms with Crippen molar-refractivity contribution in [3.63, 3.8) is 0 Å². The first kappa shape index (κ1) is 9.52. The minimum absolute atomic E-state index is 0.0759. The van der Waals surface area contributed by atoms with Crippen molar-refractivity contribution >= 4 is 11.6 Å². The lowest BCUT2D eigenvalue weighted by Gasteiger charge is -2.10. The van der Waals surface area contributed by atoms with Crippen LogP contribution in [0.4, 0.5) is 0 Å². The molecule has 0 unspecified atom stereocenters. The van der Waals surface area contributed by atoms with E-state index >= 15 is 0 Å². The van der Waals surface area contributed by atoms with Gasteiger partial charge < -0.3 is 4.52 Å². The zero-order valence-electron chi connectivity index (χ0n) is 7.76. The number of halogens is 1. The van der Waals surface area contributed by atoms with Gasteiger partial charge in [-0.2, -0.15) is 4.98 Å². The van der Waals surface area contributed by atoms with E-state index in [1.54, 1.807) is 0 Å². The van der Waals surface area contributed by atoms with E-state index in [1.165, 1.54) is 0 Å². The minimum atomic E-state index is -0.214. The molecule has 0 aliphatic rings. The predicted octanol–water partition coefficient (Wildman–Crippen LogP) is 2.67. The van der Waals surface area contributed by atoms with Crippen molar-refractivity contribution in [1.82, 2.24) is 10.1 Å². The molecule has 0 spiro atoms. The largest absolute Gasteiger partial charge is 0.338 e. The van der Waals surface area contributed by atoms with E-state index < -0.39 is 0 Å². The van der Waals surface area contributed by atoms with Crippen LogP contribution in [-0.2, 0) is 5.41 Å². The maximum atomic E-state index is 5.77. The van der Waals surface area contributed by atoms with Crippen LogP contribution in [0.1, 0.15) is 44.8 Å². The third-order valence-corrected chi connectivity index (χ3v) is 1.64. The standard InChI is InChI=1S/C8H13ClN2O/c1-5(9)6-10-7(11-12-6)8(2,3)4/h5H,1-4H3/t5-/m0/s1. The Balaban J connectivity index is 2.92. The first-order chi connectivity index (χ1) is 5.41. The Kier molecular flexibility index (Phi) is 2.42. The average molecular weight is 189 g/mol. The third kappa shape index (κ3) is 1.97. The summed E-state index contributed by atoms with van der Waals surface area (Å²) in [6.07, 6.45) is 0. The fourth-order valence-electron chi connectivity index (χ4n) is 0.701. The molecule has 4 heteroatoms. The molecule has 1 heterocycles. The Labute approximate surface area is 77.1 Å². The fourth-order valence-corrected chi connectivity index (χ4v) is 0.790. The molecular formula is C8H13ClN2O. The molecule has 0 fully saturated rings. The van der Waals surface area contributed by atoms with E-state index in [2.05, 4.69) is 10.1 Å². The first-order valence-corrected chi connectivity index (χ1v) is 4.33. The van der Waals surface area contributed by atoms with Gasteiger partial charge >= 0.3 is 0 Å². The van der Waals surface area contributed by atoms with Crippen LogP contribution in [0.15, 0.2) is 4.52 Å². The van der Waals surface area contributed by atoms with E-state index in [0.29, 0.717) is 11.7 Å². The zero-order valence-corrected chi connectivity index (χ0v) is 8.51. The normalized spacial score (nSPS) is 14.8. The molecule has 0 aliphatic carbocycles. The zero-order chi connectivity index (χ0) is 9.35. The Morgan fingerprint density at radius 1 is 1.42 bits per heavy atom. The van der Waals surface area contributed by atoms with Gasteiger partial charge in [-0.1, -0.05) is 25.9 Å². The lowest BCUT2D eigenvalue weighted by atomic mass is 9.96. The topological polar surface area (TPSA) is 38.9 Å². The van der Waals surface area contributed by atoms with E-state index in [9.17, 15) is 0 Å². The molecule has 12 heavy (non-hydrogen) atoms. The van der Waals surface area contributed by atoms with Crippen molar-refractivity contribution in [1.29, 1.82) is 0 Å². The van der Waals surface area contributed by atoms with E-state index in [-0.39, 0.29) is 10.8 Å². The number of nitrogens with zero attached hydrogens (tertiary/aromatic N) is 2. The summed E-state index contributed by atoms with van der Waals surface area (Å²) in [5.74, 6) is 1.19. The number of aromatic nitrogens is 2. The van der Waals surface area contributed by atoms with Crippen LogP contribution < -0.4 is 0 Å². The van der Waals surface area contributed by atoms with Crippen molar-refractivity contribution < 1.29 is 4.52 Å². The Hall–Kier alpha value is -0.570. The minimum Gasteiger partial charge on any atom is -0.338 e. The Morgan fingerprint density at radius 3 is 2.25 bits per heavy atom. The van der Waals surface area contributed by atoms with Crippen LogP contribution in [0.3, 0.4) is 0 Å². The molecule has 0 saturated carbocycles. The molecule has 0 aromatic carbocycles. The Bertz CT molecular complexity index is 262. The molecule has 68 valence electrons. The van der Waals surface area contributed by atoms with Crippen LogP contribution in [-0.4, -0.2) is 10.1 Å². The smallest absolute Gasteiger partial charge is 0.244 e. The molecule has 3 nitrogen and oxygen atoms in total. The van der Waals surface area contributed by atoms with Crippen LogP contribution in [0.2, 0.25) is 0 Å². The molecule has 1 aromatic rings. The monoisotopic (exact) mass is 188 g/mol. The fraction of sp³-hybridized carbons (Fsp3) is 0.750. The highest BCUT2D eigenvalue weighted by Gasteiger charge is 2.22. The second-order valence-corrected chi connectivity index (χ2v) is 4.48. The number of hydrogen-bond acceptors (Lipinski definition) is 3. The molecule has 1 aromatic heterocycles. The second kappa shape index (κ2) is 3.05. The quantitative estimate of drug-likeness (QED) is 0.636. The molecule has 1 rings (SSSR count). The molecule has 0 radical (unpaired) electrons. The van der Waals surface area contributed by atoms with Gasteiger partial charge in [-0.05, 0) is 6.92 Å². The van der Waals surface area contributed by atoms with Crippen LogP contribution in [0.25, 0.3) is 0 Å². The summed E-state index contributed by atoms with van der Waals surface area (Å²) in [4.78, 5) is 4.17. The second-order valence-electron chi connectivity index (χ2n) is 3.82. The number of hydrogen-bond donors (Lipinski definition) is 0. The SMILES string of the molecule is C[C@H](Cl)c1nc(C(C)(C)C)no1. The summed E-state index contributed by atoms with van der Waals surface area (Å²) < 4.78 is 4.96. The molecule has 0 saturated heterocycles. The van der Waals surface area contributed by atoms with Crippen LogP contribution in [0.5, 0.6) is 0 Å². The van der Waals surface area contributed by atoms with Crippen molar-refractivity contribution in [3.05, 3.63) is 11.7 Å². The highest BCUT2D eigenvalue weighted by molar-refractivity contribution is 6.20. The maximum Gasteiger partial charge on any atom is 0.244 e. The van der Waals surface area contributed by atoms with E-state index in [4.69, 9.17) is 16.1 Å². The molecule has 1 atom stereocenters. The van der Waals surface area contributed by atoms with Gasteiger partial charge in [0.25, 0.3) is 0 Å². The molecule has 0 amide bonds. The van der Waals surface area contributed by atoms with Gasteiger partial charge in [0.1, 0.15) is 5.38 Å². The summed E-state index contributed by atoms with van der Waals surface area (Å²) in [7, 11) is 0. The maximum absolute atomic E-state index is 5.77. The predicted molar refractivity (Wildman–Crippen MR) is 47.3 cm³/mol. The van der Waals surface area contributed by atoms with Gasteiger partial charge in [0, 0.05) is 5.41 Å². The molecule has 0 bridgehead atoms. The first-order valence-electron chi connectivity index (χ1n) is 3.89. The summed E-state index contributed by atoms with van der Waals surface area (Å²) >= 11 is 5.77. The van der Waals surface area contributed by atoms with Crippen molar-refractivity contribution in [2.75, 3.05) is 0 Å². The highest BCUT2D eigenvalue weighted by Crippen LogP contribution is 2.22. The van der Waals surface area contributed by atoms with Gasteiger partial charge in [0.15, 0.2) is 5.82 Å². The highest BCUT2D eigenvalue weighted by atomic mass is 35.5. The molecule has 0 aliphatic heterocycles. The summed E-state index contributed by atoms with van der Waals surface area (Å²) in [5, 5.41) is 3.62. The van der Waals surface area contributed by atoms with E-state index in [1.807, 2.05) is 27.7 Å². The van der Waals surface area contributed by atoms with Crippen molar-refractivity contribution in [3.8, 4) is 0 Å². The summed E-state index contributed by atoms with van der Waals surface area (Å²) in [6.45, 7) is 7.89. The van der Waals surface area contributed by atoms with Crippen LogP contribution in [0, 0.1) is 0 Å². The third-order valence-electron chi connectivity index (χ3n) is 1.45. The lowest BCUT2D eigenvalue weighted by molar-refractivity contribution is 0.363. The van der Waals surface area contributed by atoms with Gasteiger partial charge in [-0.3, -0.25) is 0 Å². The lowest BCUT2D eigenvalue weighted by Crippen LogP contribution is -2.13. The Morgan fingerprint density at radius 2 is 2.00 bits per heavy atom. The summed E-state index contributed by atoms with van der Waals surface area (Å²) in [6, 6.07) is 0. The number of rotatable bonds is 1. The van der Waals surface area contributed by atoms with Gasteiger partial charge in [0.2, 0.25) is 5.89 Å². The molecule has 0 N–H and O–H groups in total. The molecular weight excluding hydrogens is 176 g/mol. The average Bonchev–Trinajstić information content (AvgIpc) is 2.30. The van der Waals surface area contributed by atoms with Gasteiger partial charge in [-0.25, -0.2) is 0 Å².